The van der Waals surface area contributed by atoms with Gasteiger partial charge in [0.05, 0.1) is 39.6 Å². The Hall–Kier alpha value is -1.30. The highest BCUT2D eigenvalue weighted by Crippen LogP contribution is 2.27. The number of rotatable bonds is 7. The van der Waals surface area contributed by atoms with Crippen LogP contribution < -0.4 is 14.8 Å². The first kappa shape index (κ1) is 15.1. The molecule has 112 valence electrons. The Kier molecular flexibility index (Phi) is 6.11. The van der Waals surface area contributed by atoms with Gasteiger partial charge in [-0.2, -0.15) is 0 Å². The topological polar surface area (TPSA) is 49.0 Å². The zero-order chi connectivity index (χ0) is 14.2. The summed E-state index contributed by atoms with van der Waals surface area (Å²) in [7, 11) is 1.66. The van der Waals surface area contributed by atoms with E-state index in [-0.39, 0.29) is 6.10 Å². The number of methoxy groups -OCH3 is 1. The van der Waals surface area contributed by atoms with Crippen LogP contribution in [0.25, 0.3) is 0 Å². The molecule has 5 heteroatoms. The van der Waals surface area contributed by atoms with Gasteiger partial charge in [-0.1, -0.05) is 6.07 Å². The molecule has 1 saturated heterocycles. The van der Waals surface area contributed by atoms with Gasteiger partial charge in [0.25, 0.3) is 0 Å². The quantitative estimate of drug-likeness (QED) is 0.822. The van der Waals surface area contributed by atoms with Gasteiger partial charge in [0, 0.05) is 13.1 Å². The number of ether oxygens (including phenoxy) is 4. The van der Waals surface area contributed by atoms with Crippen LogP contribution in [0.2, 0.25) is 0 Å². The summed E-state index contributed by atoms with van der Waals surface area (Å²) < 4.78 is 21.8. The van der Waals surface area contributed by atoms with Crippen molar-refractivity contribution in [1.82, 2.24) is 5.32 Å². The fourth-order valence-electron chi connectivity index (χ4n) is 2.13. The largest absolute Gasteiger partial charge is 0.493 e. The summed E-state index contributed by atoms with van der Waals surface area (Å²) in [5.41, 5.74) is 1.15. The van der Waals surface area contributed by atoms with E-state index >= 15 is 0 Å². The molecule has 1 aromatic carbocycles. The molecule has 0 bridgehead atoms. The minimum Gasteiger partial charge on any atom is -0.493 e. The molecular weight excluding hydrogens is 258 g/mol. The molecule has 0 aromatic heterocycles. The number of nitrogens with one attached hydrogen (secondary N) is 1. The van der Waals surface area contributed by atoms with E-state index in [1.807, 2.05) is 25.1 Å². The van der Waals surface area contributed by atoms with Crippen molar-refractivity contribution in [1.29, 1.82) is 0 Å². The van der Waals surface area contributed by atoms with Gasteiger partial charge in [-0.25, -0.2) is 0 Å². The van der Waals surface area contributed by atoms with Gasteiger partial charge in [-0.3, -0.25) is 0 Å². The van der Waals surface area contributed by atoms with Crippen LogP contribution in [0.3, 0.4) is 0 Å². The molecule has 1 aliphatic heterocycles. The first-order chi connectivity index (χ1) is 9.83. The summed E-state index contributed by atoms with van der Waals surface area (Å²) in [4.78, 5) is 0. The van der Waals surface area contributed by atoms with Gasteiger partial charge in [-0.15, -0.1) is 0 Å². The summed E-state index contributed by atoms with van der Waals surface area (Å²) >= 11 is 0. The molecule has 1 aromatic rings. The van der Waals surface area contributed by atoms with E-state index in [2.05, 4.69) is 5.32 Å². The van der Waals surface area contributed by atoms with E-state index in [0.717, 1.165) is 30.2 Å². The average Bonchev–Trinajstić information content (AvgIpc) is 2.50. The van der Waals surface area contributed by atoms with Crippen LogP contribution in [0.4, 0.5) is 0 Å². The highest BCUT2D eigenvalue weighted by atomic mass is 16.6. The van der Waals surface area contributed by atoms with Crippen LogP contribution in [0.1, 0.15) is 12.5 Å². The van der Waals surface area contributed by atoms with E-state index in [0.29, 0.717) is 26.4 Å². The standard InChI is InChI=1S/C15H23NO4/c1-3-19-14-5-4-12(8-15(14)17-2)9-16-10-13-11-18-6-7-20-13/h4-5,8,13,16H,3,6-7,9-11H2,1-2H3. The van der Waals surface area contributed by atoms with Crippen LogP contribution in [0, 0.1) is 0 Å². The van der Waals surface area contributed by atoms with Gasteiger partial charge in [0.15, 0.2) is 11.5 Å². The van der Waals surface area contributed by atoms with Crippen molar-refractivity contribution in [3.63, 3.8) is 0 Å². The van der Waals surface area contributed by atoms with Crippen LogP contribution in [-0.2, 0) is 16.0 Å². The maximum Gasteiger partial charge on any atom is 0.161 e. The molecule has 5 nitrogen and oxygen atoms in total. The fourth-order valence-corrected chi connectivity index (χ4v) is 2.13. The van der Waals surface area contributed by atoms with Crippen LogP contribution in [0.5, 0.6) is 11.5 Å². The van der Waals surface area contributed by atoms with Gasteiger partial charge in [0.2, 0.25) is 0 Å². The SMILES string of the molecule is CCOc1ccc(CNCC2COCCO2)cc1OC. The number of hydrogen-bond acceptors (Lipinski definition) is 5. The number of hydrogen-bond donors (Lipinski definition) is 1. The Morgan fingerprint density at radius 1 is 1.30 bits per heavy atom. The van der Waals surface area contributed by atoms with Crippen molar-refractivity contribution in [3.8, 4) is 11.5 Å². The normalized spacial score (nSPS) is 18.8. The molecule has 1 heterocycles. The molecule has 2 rings (SSSR count). The summed E-state index contributed by atoms with van der Waals surface area (Å²) in [6.45, 7) is 6.20. The second-order valence-corrected chi connectivity index (χ2v) is 4.62. The molecular formula is C15H23NO4. The molecule has 1 fully saturated rings. The minimum atomic E-state index is 0.147. The molecule has 0 radical (unpaired) electrons. The smallest absolute Gasteiger partial charge is 0.161 e. The van der Waals surface area contributed by atoms with Crippen LogP contribution >= 0.6 is 0 Å². The molecule has 20 heavy (non-hydrogen) atoms. The lowest BCUT2D eigenvalue weighted by Crippen LogP contribution is -2.37. The Labute approximate surface area is 120 Å². The third-order valence-electron chi connectivity index (χ3n) is 3.11. The zero-order valence-corrected chi connectivity index (χ0v) is 12.2. The zero-order valence-electron chi connectivity index (χ0n) is 12.2. The maximum absolute atomic E-state index is 5.58. The van der Waals surface area contributed by atoms with E-state index in [9.17, 15) is 0 Å². The lowest BCUT2D eigenvalue weighted by atomic mass is 10.2. The van der Waals surface area contributed by atoms with Crippen LogP contribution in [-0.4, -0.2) is 46.2 Å². The van der Waals surface area contributed by atoms with Crippen molar-refractivity contribution in [2.45, 2.75) is 19.6 Å². The van der Waals surface area contributed by atoms with Crippen molar-refractivity contribution in [2.24, 2.45) is 0 Å². The van der Waals surface area contributed by atoms with Crippen molar-refractivity contribution in [3.05, 3.63) is 23.8 Å². The lowest BCUT2D eigenvalue weighted by molar-refractivity contribution is -0.0864. The van der Waals surface area contributed by atoms with E-state index < -0.39 is 0 Å². The van der Waals surface area contributed by atoms with Crippen LogP contribution in [0.15, 0.2) is 18.2 Å². The molecule has 0 saturated carbocycles. The molecule has 0 spiro atoms. The van der Waals surface area contributed by atoms with E-state index in [1.54, 1.807) is 7.11 Å². The van der Waals surface area contributed by atoms with E-state index in [1.165, 1.54) is 0 Å². The Morgan fingerprint density at radius 3 is 2.90 bits per heavy atom. The molecule has 0 aliphatic carbocycles. The summed E-state index contributed by atoms with van der Waals surface area (Å²) in [5, 5.41) is 3.37. The van der Waals surface area contributed by atoms with Gasteiger partial charge >= 0.3 is 0 Å². The van der Waals surface area contributed by atoms with E-state index in [4.69, 9.17) is 18.9 Å². The highest BCUT2D eigenvalue weighted by Gasteiger charge is 2.13. The maximum atomic E-state index is 5.58. The summed E-state index contributed by atoms with van der Waals surface area (Å²) in [5.74, 6) is 1.55. The second kappa shape index (κ2) is 8.09. The fraction of sp³-hybridized carbons (Fsp3) is 0.600. The van der Waals surface area contributed by atoms with Gasteiger partial charge in [0.1, 0.15) is 0 Å². The second-order valence-electron chi connectivity index (χ2n) is 4.62. The summed E-state index contributed by atoms with van der Waals surface area (Å²) in [6, 6.07) is 5.98. The highest BCUT2D eigenvalue weighted by molar-refractivity contribution is 5.42. The molecule has 1 aliphatic rings. The lowest BCUT2D eigenvalue weighted by Gasteiger charge is -2.23. The first-order valence-electron chi connectivity index (χ1n) is 7.03. The van der Waals surface area contributed by atoms with Crippen molar-refractivity contribution >= 4 is 0 Å². The van der Waals surface area contributed by atoms with Crippen molar-refractivity contribution in [2.75, 3.05) is 40.1 Å². The Bertz CT molecular complexity index is 405. The molecule has 1 unspecified atom stereocenters. The number of benzene rings is 1. The van der Waals surface area contributed by atoms with Crippen molar-refractivity contribution < 1.29 is 18.9 Å². The van der Waals surface area contributed by atoms with Gasteiger partial charge < -0.3 is 24.3 Å². The monoisotopic (exact) mass is 281 g/mol. The predicted octanol–water partition coefficient (Wildman–Crippen LogP) is 1.60. The average molecular weight is 281 g/mol. The minimum absolute atomic E-state index is 0.147. The summed E-state index contributed by atoms with van der Waals surface area (Å²) in [6.07, 6.45) is 0.147. The molecule has 1 atom stereocenters. The first-order valence-corrected chi connectivity index (χ1v) is 7.03. The molecule has 0 amide bonds. The molecule has 1 N–H and O–H groups in total. The Balaban J connectivity index is 1.82. The predicted molar refractivity (Wildman–Crippen MR) is 76.4 cm³/mol. The third-order valence-corrected chi connectivity index (χ3v) is 3.11. The Morgan fingerprint density at radius 2 is 2.20 bits per heavy atom. The van der Waals surface area contributed by atoms with Gasteiger partial charge in [-0.05, 0) is 24.6 Å². The third kappa shape index (κ3) is 4.37.